The molecule has 2 fully saturated rings. The van der Waals surface area contributed by atoms with Gasteiger partial charge >= 0.3 is 0 Å². The first-order chi connectivity index (χ1) is 16.2. The molecule has 2 aliphatic rings. The quantitative estimate of drug-likeness (QED) is 0.542. The van der Waals surface area contributed by atoms with E-state index in [1.54, 1.807) is 25.2 Å². The SMILES string of the molecule is Cc1ncsc1-c1ccc(CNC(=O)C2CC(O)CN2C(=O)C(C)NC(=O)C2(C)COC2)cc1. The fourth-order valence-corrected chi connectivity index (χ4v) is 5.00. The fourth-order valence-electron chi connectivity index (χ4n) is 4.19. The van der Waals surface area contributed by atoms with Crippen molar-refractivity contribution in [1.82, 2.24) is 20.5 Å². The van der Waals surface area contributed by atoms with Gasteiger partial charge in [0, 0.05) is 19.5 Å². The summed E-state index contributed by atoms with van der Waals surface area (Å²) in [6, 6.07) is 6.29. The Balaban J connectivity index is 1.34. The van der Waals surface area contributed by atoms with Crippen molar-refractivity contribution >= 4 is 29.1 Å². The van der Waals surface area contributed by atoms with Crippen LogP contribution in [0.4, 0.5) is 0 Å². The van der Waals surface area contributed by atoms with E-state index in [0.717, 1.165) is 21.7 Å². The molecule has 3 heterocycles. The molecule has 0 spiro atoms. The van der Waals surface area contributed by atoms with Crippen LogP contribution in [0.3, 0.4) is 0 Å². The standard InChI is InChI=1S/C24H30N4O5S/c1-14-20(34-13-26-14)17-6-4-16(5-7-17)9-25-21(30)19-8-18(29)10-28(19)22(31)15(2)27-23(32)24(3)11-33-12-24/h4-7,13,15,18-19,29H,8-12H2,1-3H3,(H,25,30)(H,27,32). The molecular formula is C24H30N4O5S. The Kier molecular flexibility index (Phi) is 7.01. The number of likely N-dealkylation sites (tertiary alicyclic amines) is 1. The molecule has 34 heavy (non-hydrogen) atoms. The normalized spacial score (nSPS) is 22.1. The van der Waals surface area contributed by atoms with Crippen molar-refractivity contribution in [2.45, 2.75) is 51.9 Å². The fraction of sp³-hybridized carbons (Fsp3) is 0.500. The molecule has 1 aromatic carbocycles. The average Bonchev–Trinajstić information content (AvgIpc) is 3.40. The zero-order chi connectivity index (χ0) is 24.5. The maximum Gasteiger partial charge on any atom is 0.245 e. The highest BCUT2D eigenvalue weighted by molar-refractivity contribution is 7.13. The minimum atomic E-state index is -0.812. The lowest BCUT2D eigenvalue weighted by Gasteiger charge is -2.37. The van der Waals surface area contributed by atoms with Crippen LogP contribution in [0, 0.1) is 12.3 Å². The minimum Gasteiger partial charge on any atom is -0.391 e. The van der Waals surface area contributed by atoms with Crippen molar-refractivity contribution in [2.75, 3.05) is 19.8 Å². The number of rotatable bonds is 7. The first-order valence-corrected chi connectivity index (χ1v) is 12.2. The Hall–Kier alpha value is -2.82. The van der Waals surface area contributed by atoms with E-state index in [-0.39, 0.29) is 24.8 Å². The van der Waals surface area contributed by atoms with Gasteiger partial charge in [0.05, 0.1) is 40.8 Å². The number of aryl methyl sites for hydroxylation is 1. The Morgan fingerprint density at radius 1 is 1.29 bits per heavy atom. The third-order valence-electron chi connectivity index (χ3n) is 6.40. The molecule has 3 atom stereocenters. The molecule has 4 rings (SSSR count). The summed E-state index contributed by atoms with van der Waals surface area (Å²) in [5.41, 5.74) is 4.16. The lowest BCUT2D eigenvalue weighted by molar-refractivity contribution is -0.160. The molecule has 3 amide bonds. The number of carbonyl (C=O) groups is 3. The van der Waals surface area contributed by atoms with Gasteiger partial charge in [-0.1, -0.05) is 24.3 Å². The van der Waals surface area contributed by atoms with Gasteiger partial charge in [-0.3, -0.25) is 14.4 Å². The molecule has 1 aromatic heterocycles. The number of aliphatic hydroxyl groups excluding tert-OH is 1. The van der Waals surface area contributed by atoms with E-state index in [9.17, 15) is 19.5 Å². The molecule has 0 bridgehead atoms. The lowest BCUT2D eigenvalue weighted by Crippen LogP contribution is -2.58. The van der Waals surface area contributed by atoms with Gasteiger partial charge in [0.2, 0.25) is 17.7 Å². The monoisotopic (exact) mass is 486 g/mol. The van der Waals surface area contributed by atoms with Crippen molar-refractivity contribution in [2.24, 2.45) is 5.41 Å². The highest BCUT2D eigenvalue weighted by Gasteiger charge is 2.44. The van der Waals surface area contributed by atoms with Gasteiger partial charge in [-0.15, -0.1) is 11.3 Å². The summed E-state index contributed by atoms with van der Waals surface area (Å²) in [6.45, 7) is 6.34. The van der Waals surface area contributed by atoms with Crippen molar-refractivity contribution in [3.05, 3.63) is 41.0 Å². The van der Waals surface area contributed by atoms with E-state index in [2.05, 4.69) is 15.6 Å². The van der Waals surface area contributed by atoms with Crippen LogP contribution in [0.1, 0.15) is 31.5 Å². The van der Waals surface area contributed by atoms with Crippen LogP contribution in [0.2, 0.25) is 0 Å². The third-order valence-corrected chi connectivity index (χ3v) is 7.38. The van der Waals surface area contributed by atoms with Crippen LogP contribution in [-0.2, 0) is 25.7 Å². The molecule has 0 aliphatic carbocycles. The number of benzene rings is 1. The Morgan fingerprint density at radius 3 is 2.59 bits per heavy atom. The molecule has 9 nitrogen and oxygen atoms in total. The van der Waals surface area contributed by atoms with Crippen LogP contribution in [0.15, 0.2) is 29.8 Å². The van der Waals surface area contributed by atoms with Gasteiger partial charge in [0.15, 0.2) is 0 Å². The summed E-state index contributed by atoms with van der Waals surface area (Å²) >= 11 is 1.58. The number of ether oxygens (including phenoxy) is 1. The van der Waals surface area contributed by atoms with E-state index in [1.807, 2.05) is 36.7 Å². The van der Waals surface area contributed by atoms with E-state index in [1.165, 1.54) is 4.90 Å². The minimum absolute atomic E-state index is 0.0560. The van der Waals surface area contributed by atoms with E-state index < -0.39 is 29.5 Å². The summed E-state index contributed by atoms with van der Waals surface area (Å²) in [4.78, 5) is 45.1. The maximum atomic E-state index is 13.0. The average molecular weight is 487 g/mol. The number of aromatic nitrogens is 1. The summed E-state index contributed by atoms with van der Waals surface area (Å²) in [6.07, 6.45) is -0.630. The summed E-state index contributed by atoms with van der Waals surface area (Å²) in [5.74, 6) is -0.972. The highest BCUT2D eigenvalue weighted by Crippen LogP contribution is 2.28. The topological polar surface area (TPSA) is 121 Å². The second-order valence-electron chi connectivity index (χ2n) is 9.33. The highest BCUT2D eigenvalue weighted by atomic mass is 32.1. The van der Waals surface area contributed by atoms with E-state index in [0.29, 0.717) is 19.8 Å². The van der Waals surface area contributed by atoms with Gasteiger partial charge in [0.25, 0.3) is 0 Å². The number of nitrogens with zero attached hydrogens (tertiary/aromatic N) is 2. The molecule has 3 unspecified atom stereocenters. The van der Waals surface area contributed by atoms with Gasteiger partial charge in [-0.2, -0.15) is 0 Å². The lowest BCUT2D eigenvalue weighted by atomic mass is 9.87. The second-order valence-corrected chi connectivity index (χ2v) is 10.2. The summed E-state index contributed by atoms with van der Waals surface area (Å²) in [5, 5.41) is 15.8. The van der Waals surface area contributed by atoms with Crippen molar-refractivity contribution < 1.29 is 24.2 Å². The molecule has 2 aliphatic heterocycles. The van der Waals surface area contributed by atoms with Crippen molar-refractivity contribution in [3.8, 4) is 10.4 Å². The molecular weight excluding hydrogens is 456 g/mol. The summed E-state index contributed by atoms with van der Waals surface area (Å²) in [7, 11) is 0. The van der Waals surface area contributed by atoms with Crippen LogP contribution >= 0.6 is 11.3 Å². The molecule has 3 N–H and O–H groups in total. The second kappa shape index (κ2) is 9.81. The number of amides is 3. The smallest absolute Gasteiger partial charge is 0.245 e. The first-order valence-electron chi connectivity index (χ1n) is 11.3. The number of hydrogen-bond acceptors (Lipinski definition) is 7. The van der Waals surface area contributed by atoms with Crippen molar-refractivity contribution in [1.29, 1.82) is 0 Å². The predicted octanol–water partition coefficient (Wildman–Crippen LogP) is 1.24. The molecule has 10 heteroatoms. The third kappa shape index (κ3) is 4.98. The molecule has 182 valence electrons. The van der Waals surface area contributed by atoms with Crippen LogP contribution in [-0.4, -0.2) is 70.7 Å². The molecule has 0 saturated carbocycles. The van der Waals surface area contributed by atoms with Gasteiger partial charge in [0.1, 0.15) is 12.1 Å². The molecule has 2 aromatic rings. The molecule has 2 saturated heterocycles. The van der Waals surface area contributed by atoms with Crippen LogP contribution in [0.5, 0.6) is 0 Å². The van der Waals surface area contributed by atoms with Gasteiger partial charge in [-0.25, -0.2) is 4.98 Å². The molecule has 0 radical (unpaired) electrons. The Bertz CT molecular complexity index is 1070. The summed E-state index contributed by atoms with van der Waals surface area (Å²) < 4.78 is 5.11. The number of nitrogens with one attached hydrogen (secondary N) is 2. The van der Waals surface area contributed by atoms with Crippen LogP contribution < -0.4 is 10.6 Å². The first kappa shape index (κ1) is 24.3. The number of β-amino-alcohol motifs (C(OH)–C–C–N with tert-alkyl or cyclic N) is 1. The largest absolute Gasteiger partial charge is 0.391 e. The number of hydrogen-bond donors (Lipinski definition) is 3. The zero-order valence-electron chi connectivity index (χ0n) is 19.5. The predicted molar refractivity (Wildman–Crippen MR) is 127 cm³/mol. The maximum absolute atomic E-state index is 13.0. The number of aliphatic hydroxyl groups is 1. The zero-order valence-corrected chi connectivity index (χ0v) is 20.4. The van der Waals surface area contributed by atoms with E-state index in [4.69, 9.17) is 4.74 Å². The van der Waals surface area contributed by atoms with E-state index >= 15 is 0 Å². The van der Waals surface area contributed by atoms with Gasteiger partial charge < -0.3 is 25.4 Å². The van der Waals surface area contributed by atoms with Gasteiger partial charge in [-0.05, 0) is 31.9 Å². The number of carbonyl (C=O) groups excluding carboxylic acids is 3. The Morgan fingerprint density at radius 2 is 2.00 bits per heavy atom. The van der Waals surface area contributed by atoms with Crippen molar-refractivity contribution in [3.63, 3.8) is 0 Å². The Labute approximate surface area is 202 Å². The van der Waals surface area contributed by atoms with Crippen LogP contribution in [0.25, 0.3) is 10.4 Å². The number of thiazole rings is 1.